The van der Waals surface area contributed by atoms with Crippen LogP contribution in [-0.2, 0) is 12.3 Å². The highest BCUT2D eigenvalue weighted by molar-refractivity contribution is 7.98. The number of fused-ring (bicyclic) bond motifs is 1. The Kier molecular flexibility index (Phi) is 3.92. The van der Waals surface area contributed by atoms with Crippen molar-refractivity contribution in [2.75, 3.05) is 0 Å². The highest BCUT2D eigenvalue weighted by Crippen LogP contribution is 2.26. The molecule has 0 spiro atoms. The lowest BCUT2D eigenvalue weighted by Crippen LogP contribution is -2.00. The summed E-state index contributed by atoms with van der Waals surface area (Å²) in [5.74, 6) is 2.12. The minimum Gasteiger partial charge on any atom is -0.461 e. The van der Waals surface area contributed by atoms with Crippen molar-refractivity contribution in [3.63, 3.8) is 0 Å². The van der Waals surface area contributed by atoms with E-state index in [1.54, 1.807) is 18.0 Å². The molecule has 0 saturated heterocycles. The van der Waals surface area contributed by atoms with Crippen molar-refractivity contribution in [1.29, 1.82) is 0 Å². The maximum atomic E-state index is 5.44. The first-order valence-electron chi connectivity index (χ1n) is 7.48. The fourth-order valence-corrected chi connectivity index (χ4v) is 3.30. The Labute approximate surface area is 142 Å². The zero-order chi connectivity index (χ0) is 16.4. The molecule has 0 saturated carbocycles. The summed E-state index contributed by atoms with van der Waals surface area (Å²) in [6.07, 6.45) is 7.48. The Bertz CT molecular complexity index is 937. The molecule has 4 aromatic heterocycles. The average molecular weight is 337 g/mol. The number of pyridine rings is 1. The van der Waals surface area contributed by atoms with Crippen LogP contribution in [0.25, 0.3) is 17.2 Å². The second kappa shape index (κ2) is 6.37. The van der Waals surface area contributed by atoms with Crippen LogP contribution in [0.3, 0.4) is 0 Å². The molecule has 0 aliphatic carbocycles. The molecule has 0 aliphatic heterocycles. The van der Waals surface area contributed by atoms with E-state index in [4.69, 9.17) is 4.42 Å². The van der Waals surface area contributed by atoms with E-state index >= 15 is 0 Å². The summed E-state index contributed by atoms with van der Waals surface area (Å²) in [6, 6.07) is 9.67. The van der Waals surface area contributed by atoms with Crippen LogP contribution < -0.4 is 0 Å². The normalized spacial score (nSPS) is 11.2. The molecular formula is C17H15N5OS. The predicted octanol–water partition coefficient (Wildman–Crippen LogP) is 3.66. The minimum atomic E-state index is 0.622. The number of rotatable bonds is 6. The summed E-state index contributed by atoms with van der Waals surface area (Å²) in [5, 5.41) is 9.37. The van der Waals surface area contributed by atoms with Gasteiger partial charge in [-0.2, -0.15) is 0 Å². The van der Waals surface area contributed by atoms with Gasteiger partial charge in [0.1, 0.15) is 5.65 Å². The number of aromatic nitrogens is 5. The lowest BCUT2D eigenvalue weighted by molar-refractivity contribution is 0.569. The van der Waals surface area contributed by atoms with Gasteiger partial charge in [-0.15, -0.1) is 16.8 Å². The van der Waals surface area contributed by atoms with Crippen molar-refractivity contribution in [2.45, 2.75) is 17.5 Å². The molecule has 120 valence electrons. The molecule has 0 unspecified atom stereocenters. The monoisotopic (exact) mass is 337 g/mol. The van der Waals surface area contributed by atoms with Crippen LogP contribution in [0.5, 0.6) is 0 Å². The van der Waals surface area contributed by atoms with Crippen LogP contribution >= 0.6 is 11.8 Å². The molecule has 4 aromatic rings. The molecule has 0 atom stereocenters. The summed E-state index contributed by atoms with van der Waals surface area (Å²) in [6.45, 7) is 4.44. The van der Waals surface area contributed by atoms with Gasteiger partial charge in [-0.1, -0.05) is 23.9 Å². The zero-order valence-electron chi connectivity index (χ0n) is 12.9. The first-order valence-corrected chi connectivity index (χ1v) is 8.47. The fourth-order valence-electron chi connectivity index (χ4n) is 2.47. The third kappa shape index (κ3) is 2.74. The van der Waals surface area contributed by atoms with Gasteiger partial charge in [0.25, 0.3) is 0 Å². The van der Waals surface area contributed by atoms with Crippen LogP contribution in [0.1, 0.15) is 5.69 Å². The van der Waals surface area contributed by atoms with E-state index < -0.39 is 0 Å². The van der Waals surface area contributed by atoms with Crippen molar-refractivity contribution in [3.8, 4) is 11.6 Å². The minimum absolute atomic E-state index is 0.622. The lowest BCUT2D eigenvalue weighted by atomic mass is 10.4. The van der Waals surface area contributed by atoms with Crippen molar-refractivity contribution in [2.24, 2.45) is 0 Å². The predicted molar refractivity (Wildman–Crippen MR) is 92.7 cm³/mol. The average Bonchev–Trinajstić information content (AvgIpc) is 3.32. The lowest BCUT2D eigenvalue weighted by Gasteiger charge is -2.05. The van der Waals surface area contributed by atoms with Crippen LogP contribution in [-0.4, -0.2) is 24.1 Å². The standard InChI is InChI=1S/C17H15N5OS/c1-2-8-22-16(14-6-5-10-23-14)19-20-17(22)24-12-13-11-21-9-4-3-7-15(21)18-13/h2-7,9-11H,1,8,12H2. The SMILES string of the molecule is C=CCn1c(SCc2cn3ccccc3n2)nnc1-c1ccco1. The second-order valence-corrected chi connectivity index (χ2v) is 6.11. The summed E-state index contributed by atoms with van der Waals surface area (Å²) in [4.78, 5) is 4.61. The van der Waals surface area contributed by atoms with E-state index in [0.29, 0.717) is 18.1 Å². The van der Waals surface area contributed by atoms with Gasteiger partial charge in [0.15, 0.2) is 10.9 Å². The van der Waals surface area contributed by atoms with Crippen molar-refractivity contribution in [1.82, 2.24) is 24.1 Å². The third-order valence-electron chi connectivity index (χ3n) is 3.53. The van der Waals surface area contributed by atoms with Crippen molar-refractivity contribution >= 4 is 17.4 Å². The maximum absolute atomic E-state index is 5.44. The van der Waals surface area contributed by atoms with Gasteiger partial charge >= 0.3 is 0 Å². The van der Waals surface area contributed by atoms with Crippen LogP contribution in [0, 0.1) is 0 Å². The fraction of sp³-hybridized carbons (Fsp3) is 0.118. The van der Waals surface area contributed by atoms with Gasteiger partial charge in [0.05, 0.1) is 12.0 Å². The number of imidazole rings is 1. The van der Waals surface area contributed by atoms with Crippen LogP contribution in [0.15, 0.2) is 71.2 Å². The van der Waals surface area contributed by atoms with Crippen LogP contribution in [0.2, 0.25) is 0 Å². The van der Waals surface area contributed by atoms with E-state index in [2.05, 4.69) is 21.8 Å². The number of allylic oxidation sites excluding steroid dienone is 1. The molecule has 24 heavy (non-hydrogen) atoms. The summed E-state index contributed by atoms with van der Waals surface area (Å²) in [5.41, 5.74) is 1.94. The number of hydrogen-bond acceptors (Lipinski definition) is 5. The van der Waals surface area contributed by atoms with Gasteiger partial charge in [-0.25, -0.2) is 4.98 Å². The molecule has 7 heteroatoms. The van der Waals surface area contributed by atoms with Gasteiger partial charge in [0.2, 0.25) is 5.82 Å². The van der Waals surface area contributed by atoms with Crippen molar-refractivity contribution < 1.29 is 4.42 Å². The molecule has 4 rings (SSSR count). The van der Waals surface area contributed by atoms with E-state index in [-0.39, 0.29) is 0 Å². The summed E-state index contributed by atoms with van der Waals surface area (Å²) >= 11 is 1.60. The Balaban J connectivity index is 1.58. The first kappa shape index (κ1) is 14.8. The number of thioether (sulfide) groups is 1. The first-order chi connectivity index (χ1) is 11.8. The molecule has 0 bridgehead atoms. The van der Waals surface area contributed by atoms with E-state index in [1.165, 1.54) is 0 Å². The molecule has 0 aliphatic rings. The van der Waals surface area contributed by atoms with E-state index in [9.17, 15) is 0 Å². The third-order valence-corrected chi connectivity index (χ3v) is 4.53. The van der Waals surface area contributed by atoms with Crippen LogP contribution in [0.4, 0.5) is 0 Å². The number of furan rings is 1. The molecular weight excluding hydrogens is 322 g/mol. The van der Waals surface area contributed by atoms with Crippen molar-refractivity contribution in [3.05, 3.63) is 67.3 Å². The second-order valence-electron chi connectivity index (χ2n) is 5.17. The Morgan fingerprint density at radius 1 is 1.21 bits per heavy atom. The molecule has 4 heterocycles. The Morgan fingerprint density at radius 2 is 2.17 bits per heavy atom. The van der Waals surface area contributed by atoms with E-state index in [0.717, 1.165) is 22.3 Å². The summed E-state index contributed by atoms with van der Waals surface area (Å²) in [7, 11) is 0. The Hall–Kier alpha value is -2.80. The number of hydrogen-bond donors (Lipinski definition) is 0. The zero-order valence-corrected chi connectivity index (χ0v) is 13.7. The Morgan fingerprint density at radius 3 is 2.96 bits per heavy atom. The molecule has 6 nitrogen and oxygen atoms in total. The quantitative estimate of drug-likeness (QED) is 0.397. The smallest absolute Gasteiger partial charge is 0.200 e. The number of nitrogens with zero attached hydrogens (tertiary/aromatic N) is 5. The highest BCUT2D eigenvalue weighted by atomic mass is 32.2. The molecule has 0 fully saturated rings. The van der Waals surface area contributed by atoms with Gasteiger partial charge in [-0.3, -0.25) is 4.57 Å². The summed E-state index contributed by atoms with van der Waals surface area (Å²) < 4.78 is 9.44. The molecule has 0 amide bonds. The molecule has 0 aromatic carbocycles. The topological polar surface area (TPSA) is 61.2 Å². The molecule has 0 radical (unpaired) electrons. The van der Waals surface area contributed by atoms with E-state index in [1.807, 2.05) is 57.8 Å². The maximum Gasteiger partial charge on any atom is 0.200 e. The highest BCUT2D eigenvalue weighted by Gasteiger charge is 2.16. The molecule has 0 N–H and O–H groups in total. The van der Waals surface area contributed by atoms with Gasteiger partial charge in [-0.05, 0) is 24.3 Å². The van der Waals surface area contributed by atoms with Gasteiger partial charge < -0.3 is 8.82 Å². The largest absolute Gasteiger partial charge is 0.461 e. The van der Waals surface area contributed by atoms with Gasteiger partial charge in [0, 0.05) is 24.7 Å².